The summed E-state index contributed by atoms with van der Waals surface area (Å²) in [6, 6.07) is 12.9. The predicted molar refractivity (Wildman–Crippen MR) is 110 cm³/mol. The zero-order valence-electron chi connectivity index (χ0n) is 15.4. The van der Waals surface area contributed by atoms with Gasteiger partial charge >= 0.3 is 0 Å². The fourth-order valence-electron chi connectivity index (χ4n) is 2.23. The third-order valence-electron chi connectivity index (χ3n) is 3.63. The number of para-hydroxylation sites is 2. The Morgan fingerprint density at radius 3 is 2.79 bits per heavy atom. The number of nitrogens with zero attached hydrogens (tertiary/aromatic N) is 4. The van der Waals surface area contributed by atoms with Crippen molar-refractivity contribution in [2.45, 2.75) is 5.16 Å². The number of hydrogen-bond acceptors (Lipinski definition) is 8. The molecule has 0 spiro atoms. The Morgan fingerprint density at radius 1 is 1.28 bits per heavy atom. The van der Waals surface area contributed by atoms with E-state index in [4.69, 9.17) is 10.6 Å². The minimum atomic E-state index is -0.326. The van der Waals surface area contributed by atoms with Crippen LogP contribution in [-0.2, 0) is 4.79 Å². The van der Waals surface area contributed by atoms with Crippen molar-refractivity contribution in [2.75, 3.05) is 29.4 Å². The smallest absolute Gasteiger partial charge is 0.264 e. The van der Waals surface area contributed by atoms with Crippen molar-refractivity contribution in [1.82, 2.24) is 14.9 Å². The number of carbonyl (C=O) groups is 1. The molecule has 1 amide bonds. The maximum Gasteiger partial charge on any atom is 0.264 e. The van der Waals surface area contributed by atoms with Crippen molar-refractivity contribution in [3.8, 4) is 5.75 Å². The number of hydrazone groups is 1. The summed E-state index contributed by atoms with van der Waals surface area (Å²) in [5.41, 5.74) is 3.92. The lowest BCUT2D eigenvalue weighted by atomic mass is 10.2. The molecule has 1 aromatic heterocycles. The van der Waals surface area contributed by atoms with E-state index in [1.54, 1.807) is 30.3 Å². The molecular weight excluding hydrogens is 397 g/mol. The van der Waals surface area contributed by atoms with Crippen molar-refractivity contribution in [3.63, 3.8) is 0 Å². The first-order valence-corrected chi connectivity index (χ1v) is 9.36. The van der Waals surface area contributed by atoms with Crippen LogP contribution in [0.15, 0.2) is 58.8 Å². The first kappa shape index (κ1) is 20.1. The van der Waals surface area contributed by atoms with Crippen LogP contribution < -0.4 is 21.3 Å². The fraction of sp³-hybridized carbons (Fsp3) is 0.111. The quantitative estimate of drug-likeness (QED) is 0.223. The fourth-order valence-corrected chi connectivity index (χ4v) is 2.89. The number of anilines is 2. The molecule has 3 aromatic rings. The minimum Gasteiger partial charge on any atom is -0.495 e. The second-order valence-corrected chi connectivity index (χ2v) is 6.58. The molecule has 0 aliphatic carbocycles. The lowest BCUT2D eigenvalue weighted by molar-refractivity contribution is -0.113. The lowest BCUT2D eigenvalue weighted by Crippen LogP contribution is -2.17. The van der Waals surface area contributed by atoms with Gasteiger partial charge in [-0.1, -0.05) is 36.0 Å². The van der Waals surface area contributed by atoms with Crippen molar-refractivity contribution < 1.29 is 13.9 Å². The highest BCUT2D eigenvalue weighted by atomic mass is 32.2. The Balaban J connectivity index is 1.54. The van der Waals surface area contributed by atoms with E-state index >= 15 is 0 Å². The first-order valence-electron chi connectivity index (χ1n) is 8.37. The lowest BCUT2D eigenvalue weighted by Gasteiger charge is -2.09. The van der Waals surface area contributed by atoms with Gasteiger partial charge in [-0.2, -0.15) is 5.10 Å². The molecule has 1 heterocycles. The molecule has 0 aliphatic heterocycles. The highest BCUT2D eigenvalue weighted by Crippen LogP contribution is 2.24. The molecule has 0 radical (unpaired) electrons. The number of ether oxygens (including phenoxy) is 1. The summed E-state index contributed by atoms with van der Waals surface area (Å²) in [5, 5.41) is 14.9. The summed E-state index contributed by atoms with van der Waals surface area (Å²) in [7, 11) is 1.53. The number of amides is 1. The van der Waals surface area contributed by atoms with Gasteiger partial charge in [-0.25, -0.2) is 14.5 Å². The zero-order chi connectivity index (χ0) is 20.6. The average molecular weight is 415 g/mol. The van der Waals surface area contributed by atoms with Gasteiger partial charge in [0.05, 0.1) is 24.8 Å². The summed E-state index contributed by atoms with van der Waals surface area (Å²) in [6.07, 6.45) is 1.49. The molecule has 0 saturated carbocycles. The summed E-state index contributed by atoms with van der Waals surface area (Å²) in [5.74, 6) is 6.18. The Kier molecular flexibility index (Phi) is 6.63. The van der Waals surface area contributed by atoms with Crippen molar-refractivity contribution in [1.29, 1.82) is 0 Å². The Morgan fingerprint density at radius 2 is 2.03 bits per heavy atom. The molecule has 0 saturated heterocycles. The Hall–Kier alpha value is -3.60. The second-order valence-electron chi connectivity index (χ2n) is 5.63. The van der Waals surface area contributed by atoms with Gasteiger partial charge in [-0.15, -0.1) is 10.2 Å². The molecule has 0 atom stereocenters. The van der Waals surface area contributed by atoms with Gasteiger partial charge in [0.15, 0.2) is 0 Å². The van der Waals surface area contributed by atoms with E-state index in [2.05, 4.69) is 26.0 Å². The van der Waals surface area contributed by atoms with Crippen LogP contribution in [-0.4, -0.2) is 39.9 Å². The number of aromatic nitrogens is 3. The molecule has 2 aromatic carbocycles. The van der Waals surface area contributed by atoms with Crippen LogP contribution in [0.1, 0.15) is 5.56 Å². The molecule has 4 N–H and O–H groups in total. The number of halogens is 1. The number of nitrogens with one attached hydrogen (secondary N) is 2. The minimum absolute atomic E-state index is 0.0756. The number of thioether (sulfide) groups is 1. The molecule has 150 valence electrons. The molecule has 0 fully saturated rings. The van der Waals surface area contributed by atoms with E-state index in [0.717, 1.165) is 11.8 Å². The molecule has 0 aliphatic rings. The van der Waals surface area contributed by atoms with Crippen LogP contribution in [0.3, 0.4) is 0 Å². The van der Waals surface area contributed by atoms with Gasteiger partial charge in [0, 0.05) is 0 Å². The van der Waals surface area contributed by atoms with Gasteiger partial charge in [0.25, 0.3) is 5.95 Å². The average Bonchev–Trinajstić information content (AvgIpc) is 3.08. The van der Waals surface area contributed by atoms with E-state index in [1.807, 2.05) is 6.07 Å². The summed E-state index contributed by atoms with van der Waals surface area (Å²) < 4.78 is 19.3. The van der Waals surface area contributed by atoms with Crippen LogP contribution >= 0.6 is 11.8 Å². The van der Waals surface area contributed by atoms with Crippen LogP contribution in [0.4, 0.5) is 16.0 Å². The number of nitrogen functional groups attached to an aromatic ring is 1. The number of hydrogen-bond donors (Lipinski definition) is 3. The molecule has 11 heteroatoms. The first-order chi connectivity index (χ1) is 14.1. The molecule has 9 nitrogen and oxygen atoms in total. The van der Waals surface area contributed by atoms with Crippen LogP contribution in [0.2, 0.25) is 0 Å². The number of methoxy groups -OCH3 is 1. The SMILES string of the molecule is COc1ccccc1NC(=O)CSc1nnc(N/N=C/c2ccc(F)cc2)n1N. The second kappa shape index (κ2) is 9.55. The largest absolute Gasteiger partial charge is 0.495 e. The standard InChI is InChI=1S/C18H18FN7O2S/c1-28-15-5-3-2-4-14(15)22-16(27)11-29-18-25-24-17(26(18)20)23-21-10-12-6-8-13(19)9-7-12/h2-10H,11,20H2,1H3,(H,22,27)(H,23,24)/b21-10+. The third-order valence-corrected chi connectivity index (χ3v) is 4.57. The maximum atomic E-state index is 12.9. The molecular formula is C18H18FN7O2S. The van der Waals surface area contributed by atoms with E-state index < -0.39 is 0 Å². The Bertz CT molecular complexity index is 1010. The van der Waals surface area contributed by atoms with Gasteiger partial charge in [-0.05, 0) is 29.8 Å². The van der Waals surface area contributed by atoms with Gasteiger partial charge < -0.3 is 15.9 Å². The number of rotatable bonds is 8. The van der Waals surface area contributed by atoms with E-state index in [0.29, 0.717) is 22.2 Å². The van der Waals surface area contributed by atoms with E-state index in [9.17, 15) is 9.18 Å². The third kappa shape index (κ3) is 5.45. The summed E-state index contributed by atoms with van der Waals surface area (Å²) in [4.78, 5) is 12.2. The highest BCUT2D eigenvalue weighted by Gasteiger charge is 2.13. The molecule has 0 unspecified atom stereocenters. The van der Waals surface area contributed by atoms with E-state index in [1.165, 1.54) is 30.1 Å². The summed E-state index contributed by atoms with van der Waals surface area (Å²) in [6.45, 7) is 0. The van der Waals surface area contributed by atoms with E-state index in [-0.39, 0.29) is 23.4 Å². The van der Waals surface area contributed by atoms with Crippen molar-refractivity contribution >= 4 is 35.5 Å². The monoisotopic (exact) mass is 415 g/mol. The van der Waals surface area contributed by atoms with Gasteiger partial charge in [-0.3, -0.25) is 4.79 Å². The molecule has 3 rings (SSSR count). The van der Waals surface area contributed by atoms with Crippen molar-refractivity contribution in [3.05, 3.63) is 59.9 Å². The topological polar surface area (TPSA) is 119 Å². The highest BCUT2D eigenvalue weighted by molar-refractivity contribution is 7.99. The number of carbonyl (C=O) groups excluding carboxylic acids is 1. The predicted octanol–water partition coefficient (Wildman–Crippen LogP) is 2.32. The normalized spacial score (nSPS) is 10.8. The molecule has 29 heavy (non-hydrogen) atoms. The number of nitrogens with two attached hydrogens (primary N) is 1. The zero-order valence-corrected chi connectivity index (χ0v) is 16.2. The van der Waals surface area contributed by atoms with Gasteiger partial charge in [0.2, 0.25) is 11.1 Å². The molecule has 0 bridgehead atoms. The Labute approximate surface area is 170 Å². The number of benzene rings is 2. The van der Waals surface area contributed by atoms with Crippen LogP contribution in [0.5, 0.6) is 5.75 Å². The van der Waals surface area contributed by atoms with Gasteiger partial charge in [0.1, 0.15) is 11.6 Å². The summed E-state index contributed by atoms with van der Waals surface area (Å²) >= 11 is 1.12. The maximum absolute atomic E-state index is 12.9. The van der Waals surface area contributed by atoms with Crippen LogP contribution in [0.25, 0.3) is 0 Å². The van der Waals surface area contributed by atoms with Crippen LogP contribution in [0, 0.1) is 5.82 Å². The van der Waals surface area contributed by atoms with Crippen molar-refractivity contribution in [2.24, 2.45) is 5.10 Å².